The average Bonchev–Trinajstić information content (AvgIpc) is 2.42. The number of ether oxygens (including phenoxy) is 1. The van der Waals surface area contributed by atoms with E-state index in [0.29, 0.717) is 0 Å². The summed E-state index contributed by atoms with van der Waals surface area (Å²) in [4.78, 5) is 10.0. The third-order valence-electron chi connectivity index (χ3n) is 1.23. The Hall–Kier alpha value is -0.570. The lowest BCUT2D eigenvalue weighted by Gasteiger charge is -1.78. The molecule has 0 amide bonds. The number of hydrogen-bond donors (Lipinski definition) is 1. The van der Waals surface area contributed by atoms with Gasteiger partial charge < -0.3 is 9.84 Å². The van der Waals surface area contributed by atoms with Crippen molar-refractivity contribution in [1.29, 1.82) is 0 Å². The summed E-state index contributed by atoms with van der Waals surface area (Å²) in [5, 5.41) is 8.23. The molecule has 0 aromatic heterocycles. The first-order valence-electron chi connectivity index (χ1n) is 2.64. The van der Waals surface area contributed by atoms with Gasteiger partial charge in [0.1, 0.15) is 0 Å². The number of epoxide rings is 1. The Morgan fingerprint density at radius 3 is 2.62 bits per heavy atom. The van der Waals surface area contributed by atoms with Crippen molar-refractivity contribution in [1.82, 2.24) is 0 Å². The van der Waals surface area contributed by atoms with E-state index in [1.807, 2.05) is 6.92 Å². The van der Waals surface area contributed by atoms with Crippen LogP contribution in [0.1, 0.15) is 13.3 Å². The number of carboxylic acid groups (broad SMARTS) is 1. The molecule has 0 aromatic rings. The molecule has 3 nitrogen and oxygen atoms in total. The first-order chi connectivity index (χ1) is 3.75. The van der Waals surface area contributed by atoms with E-state index in [2.05, 4.69) is 0 Å². The SMILES string of the molecule is CC[C@@H]1O[C@@H]1C(=O)O. The molecule has 0 aromatic carbocycles. The van der Waals surface area contributed by atoms with Crippen LogP contribution in [0, 0.1) is 0 Å². The molecule has 46 valence electrons. The number of carbonyl (C=O) groups is 1. The van der Waals surface area contributed by atoms with Crippen LogP contribution in [0.25, 0.3) is 0 Å². The van der Waals surface area contributed by atoms with Gasteiger partial charge in [0.05, 0.1) is 6.10 Å². The van der Waals surface area contributed by atoms with Crippen molar-refractivity contribution in [3.05, 3.63) is 0 Å². The molecule has 1 aliphatic heterocycles. The molecule has 0 unspecified atom stereocenters. The van der Waals surface area contributed by atoms with E-state index in [1.165, 1.54) is 0 Å². The fourth-order valence-corrected chi connectivity index (χ4v) is 0.670. The van der Waals surface area contributed by atoms with Gasteiger partial charge in [-0.05, 0) is 6.42 Å². The lowest BCUT2D eigenvalue weighted by molar-refractivity contribution is -0.138. The highest BCUT2D eigenvalue weighted by Crippen LogP contribution is 2.24. The molecule has 3 heteroatoms. The second-order valence-corrected chi connectivity index (χ2v) is 1.84. The van der Waals surface area contributed by atoms with E-state index in [4.69, 9.17) is 9.84 Å². The molecular weight excluding hydrogens is 108 g/mol. The van der Waals surface area contributed by atoms with Crippen LogP contribution in [0.4, 0.5) is 0 Å². The van der Waals surface area contributed by atoms with Gasteiger partial charge in [-0.2, -0.15) is 0 Å². The van der Waals surface area contributed by atoms with Crippen LogP contribution in [-0.2, 0) is 9.53 Å². The molecule has 1 rings (SSSR count). The lowest BCUT2D eigenvalue weighted by atomic mass is 10.3. The summed E-state index contributed by atoms with van der Waals surface area (Å²) in [5.74, 6) is -0.836. The van der Waals surface area contributed by atoms with Crippen LogP contribution in [0.5, 0.6) is 0 Å². The molecule has 8 heavy (non-hydrogen) atoms. The maximum absolute atomic E-state index is 10.0. The summed E-state index contributed by atoms with van der Waals surface area (Å²) >= 11 is 0. The molecule has 0 aliphatic carbocycles. The largest absolute Gasteiger partial charge is 0.479 e. The predicted octanol–water partition coefficient (Wildman–Crippen LogP) is 0.248. The minimum atomic E-state index is -0.836. The fraction of sp³-hybridized carbons (Fsp3) is 0.800. The molecule has 1 saturated heterocycles. The Kier molecular flexibility index (Phi) is 1.21. The Balaban J connectivity index is 2.26. The molecular formula is C5H8O3. The normalized spacial score (nSPS) is 34.6. The highest BCUT2D eigenvalue weighted by Gasteiger charge is 2.43. The van der Waals surface area contributed by atoms with Gasteiger partial charge in [0.25, 0.3) is 0 Å². The second-order valence-electron chi connectivity index (χ2n) is 1.84. The van der Waals surface area contributed by atoms with Gasteiger partial charge in [0.15, 0.2) is 6.10 Å². The summed E-state index contributed by atoms with van der Waals surface area (Å²) in [6, 6.07) is 0. The molecule has 0 saturated carbocycles. The number of hydrogen-bond acceptors (Lipinski definition) is 2. The highest BCUT2D eigenvalue weighted by molar-refractivity contribution is 5.75. The molecule has 1 N–H and O–H groups in total. The van der Waals surface area contributed by atoms with Crippen LogP contribution in [0.3, 0.4) is 0 Å². The molecule has 0 spiro atoms. The van der Waals surface area contributed by atoms with Crippen molar-refractivity contribution in [2.24, 2.45) is 0 Å². The van der Waals surface area contributed by atoms with Crippen LogP contribution in [0.15, 0.2) is 0 Å². The lowest BCUT2D eigenvalue weighted by Crippen LogP contribution is -2.06. The summed E-state index contributed by atoms with van der Waals surface area (Å²) in [7, 11) is 0. The number of aliphatic carboxylic acids is 1. The summed E-state index contributed by atoms with van der Waals surface area (Å²) in [6.45, 7) is 1.91. The topological polar surface area (TPSA) is 49.8 Å². The average molecular weight is 116 g/mol. The standard InChI is InChI=1S/C5H8O3/c1-2-3-4(8-3)5(6)7/h3-4H,2H2,1H3,(H,6,7)/t3-,4-/m0/s1. The van der Waals surface area contributed by atoms with Gasteiger partial charge in [-0.3, -0.25) is 0 Å². The maximum Gasteiger partial charge on any atom is 0.335 e. The fourth-order valence-electron chi connectivity index (χ4n) is 0.670. The van der Waals surface area contributed by atoms with Gasteiger partial charge in [0.2, 0.25) is 0 Å². The summed E-state index contributed by atoms with van der Waals surface area (Å²) < 4.78 is 4.73. The van der Waals surface area contributed by atoms with E-state index in [0.717, 1.165) is 6.42 Å². The Morgan fingerprint density at radius 1 is 1.88 bits per heavy atom. The van der Waals surface area contributed by atoms with Gasteiger partial charge in [-0.1, -0.05) is 6.92 Å². The zero-order valence-corrected chi connectivity index (χ0v) is 4.63. The molecule has 0 bridgehead atoms. The van der Waals surface area contributed by atoms with Crippen LogP contribution in [-0.4, -0.2) is 23.3 Å². The molecule has 1 aliphatic rings. The third-order valence-corrected chi connectivity index (χ3v) is 1.23. The first kappa shape index (κ1) is 5.56. The molecule has 1 fully saturated rings. The van der Waals surface area contributed by atoms with E-state index < -0.39 is 12.1 Å². The van der Waals surface area contributed by atoms with Gasteiger partial charge in [-0.25, -0.2) is 4.79 Å². The smallest absolute Gasteiger partial charge is 0.335 e. The van der Waals surface area contributed by atoms with Crippen molar-refractivity contribution in [2.45, 2.75) is 25.6 Å². The third kappa shape index (κ3) is 0.816. The summed E-state index contributed by atoms with van der Waals surface area (Å²) in [6.07, 6.45) is 0.296. The predicted molar refractivity (Wildman–Crippen MR) is 26.6 cm³/mol. The number of rotatable bonds is 2. The highest BCUT2D eigenvalue weighted by atomic mass is 16.6. The van der Waals surface area contributed by atoms with Crippen LogP contribution in [0.2, 0.25) is 0 Å². The minimum absolute atomic E-state index is 0.00694. The second kappa shape index (κ2) is 1.74. The van der Waals surface area contributed by atoms with E-state index in [9.17, 15) is 4.79 Å². The van der Waals surface area contributed by atoms with Gasteiger partial charge >= 0.3 is 5.97 Å². The van der Waals surface area contributed by atoms with Crippen LogP contribution >= 0.6 is 0 Å². The van der Waals surface area contributed by atoms with Gasteiger partial charge in [0, 0.05) is 0 Å². The Bertz CT molecular complexity index is 110. The molecule has 2 atom stereocenters. The van der Waals surface area contributed by atoms with Crippen molar-refractivity contribution in [3.63, 3.8) is 0 Å². The maximum atomic E-state index is 10.0. The minimum Gasteiger partial charge on any atom is -0.479 e. The van der Waals surface area contributed by atoms with Crippen LogP contribution < -0.4 is 0 Å². The van der Waals surface area contributed by atoms with E-state index >= 15 is 0 Å². The van der Waals surface area contributed by atoms with Crippen molar-refractivity contribution in [3.8, 4) is 0 Å². The Labute approximate surface area is 47.3 Å². The van der Waals surface area contributed by atoms with E-state index in [-0.39, 0.29) is 6.10 Å². The van der Waals surface area contributed by atoms with Crippen molar-refractivity contribution < 1.29 is 14.6 Å². The van der Waals surface area contributed by atoms with E-state index in [1.54, 1.807) is 0 Å². The number of carboxylic acids is 1. The Morgan fingerprint density at radius 2 is 2.50 bits per heavy atom. The monoisotopic (exact) mass is 116 g/mol. The molecule has 0 radical (unpaired) electrons. The summed E-state index contributed by atoms with van der Waals surface area (Å²) in [5.41, 5.74) is 0. The van der Waals surface area contributed by atoms with Crippen molar-refractivity contribution >= 4 is 5.97 Å². The zero-order chi connectivity index (χ0) is 6.15. The first-order valence-corrected chi connectivity index (χ1v) is 2.64. The zero-order valence-electron chi connectivity index (χ0n) is 4.63. The van der Waals surface area contributed by atoms with Crippen molar-refractivity contribution in [2.75, 3.05) is 0 Å². The molecule has 1 heterocycles. The quantitative estimate of drug-likeness (QED) is 0.526. The van der Waals surface area contributed by atoms with Gasteiger partial charge in [-0.15, -0.1) is 0 Å².